The number of benzene rings is 1. The zero-order chi connectivity index (χ0) is 16.8. The van der Waals surface area contributed by atoms with Crippen molar-refractivity contribution in [3.8, 4) is 5.75 Å². The largest absolute Gasteiger partial charge is 0.493 e. The van der Waals surface area contributed by atoms with Crippen LogP contribution in [0.2, 0.25) is 0 Å². The summed E-state index contributed by atoms with van der Waals surface area (Å²) in [5.41, 5.74) is 2.35. The van der Waals surface area contributed by atoms with Gasteiger partial charge in [0.05, 0.1) is 17.9 Å². The van der Waals surface area contributed by atoms with Crippen molar-refractivity contribution in [2.75, 3.05) is 6.61 Å². The minimum atomic E-state index is -0.0318. The third-order valence-electron chi connectivity index (χ3n) is 3.40. The van der Waals surface area contributed by atoms with Crippen LogP contribution in [0.1, 0.15) is 42.4 Å². The lowest BCUT2D eigenvalue weighted by molar-refractivity contribution is 0.104. The maximum absolute atomic E-state index is 12.3. The third kappa shape index (κ3) is 4.81. The van der Waals surface area contributed by atoms with E-state index in [0.717, 1.165) is 23.6 Å². The van der Waals surface area contributed by atoms with Crippen molar-refractivity contribution in [1.82, 2.24) is 9.78 Å². The highest BCUT2D eigenvalue weighted by Crippen LogP contribution is 2.16. The zero-order valence-electron chi connectivity index (χ0n) is 14.2. The first-order valence-corrected chi connectivity index (χ1v) is 7.99. The fraction of sp³-hybridized carbons (Fsp3) is 0.368. The van der Waals surface area contributed by atoms with E-state index in [9.17, 15) is 4.79 Å². The molecule has 0 radical (unpaired) electrons. The second-order valence-electron chi connectivity index (χ2n) is 5.96. The molecule has 0 aliphatic carbocycles. The van der Waals surface area contributed by atoms with E-state index >= 15 is 0 Å². The average molecular weight is 312 g/mol. The van der Waals surface area contributed by atoms with E-state index in [-0.39, 0.29) is 5.78 Å². The van der Waals surface area contributed by atoms with Gasteiger partial charge in [-0.15, -0.1) is 0 Å². The number of ketones is 1. The summed E-state index contributed by atoms with van der Waals surface area (Å²) < 4.78 is 7.48. The number of carbonyl (C=O) groups is 1. The lowest BCUT2D eigenvalue weighted by Gasteiger charge is -2.08. The molecule has 1 aromatic carbocycles. The van der Waals surface area contributed by atoms with Gasteiger partial charge in [0.15, 0.2) is 5.78 Å². The highest BCUT2D eigenvalue weighted by atomic mass is 16.5. The second kappa shape index (κ2) is 7.77. The molecule has 0 atom stereocenters. The SMILES string of the molecule is CCn1cc(C(=O)/C=C/c2cccc(OCC(C)C)c2)c(C)n1. The monoisotopic (exact) mass is 312 g/mol. The van der Waals surface area contributed by atoms with E-state index in [1.54, 1.807) is 17.0 Å². The van der Waals surface area contributed by atoms with E-state index in [4.69, 9.17) is 4.74 Å². The van der Waals surface area contributed by atoms with Gasteiger partial charge in [-0.05, 0) is 43.5 Å². The summed E-state index contributed by atoms with van der Waals surface area (Å²) in [5.74, 6) is 1.27. The van der Waals surface area contributed by atoms with Gasteiger partial charge in [0.25, 0.3) is 0 Å². The van der Waals surface area contributed by atoms with Gasteiger partial charge in [-0.3, -0.25) is 9.48 Å². The third-order valence-corrected chi connectivity index (χ3v) is 3.40. The Hall–Kier alpha value is -2.36. The van der Waals surface area contributed by atoms with Crippen molar-refractivity contribution in [2.24, 2.45) is 5.92 Å². The molecule has 4 heteroatoms. The van der Waals surface area contributed by atoms with Crippen molar-refractivity contribution in [1.29, 1.82) is 0 Å². The molecule has 122 valence electrons. The molecule has 1 heterocycles. The lowest BCUT2D eigenvalue weighted by atomic mass is 10.1. The number of aromatic nitrogens is 2. The highest BCUT2D eigenvalue weighted by molar-refractivity contribution is 6.07. The molecule has 1 aromatic heterocycles. The number of allylic oxidation sites excluding steroid dienone is 1. The number of ether oxygens (including phenoxy) is 1. The smallest absolute Gasteiger partial charge is 0.189 e. The van der Waals surface area contributed by atoms with Crippen LogP contribution in [0, 0.1) is 12.8 Å². The Labute approximate surface area is 137 Å². The summed E-state index contributed by atoms with van der Waals surface area (Å²) in [4.78, 5) is 12.3. The van der Waals surface area contributed by atoms with Crippen LogP contribution in [0.5, 0.6) is 5.75 Å². The zero-order valence-corrected chi connectivity index (χ0v) is 14.2. The summed E-state index contributed by atoms with van der Waals surface area (Å²) in [7, 11) is 0. The van der Waals surface area contributed by atoms with E-state index in [2.05, 4.69) is 18.9 Å². The van der Waals surface area contributed by atoms with Gasteiger partial charge in [-0.1, -0.05) is 32.1 Å². The van der Waals surface area contributed by atoms with Crippen molar-refractivity contribution < 1.29 is 9.53 Å². The minimum absolute atomic E-state index is 0.0318. The Morgan fingerprint density at radius 3 is 2.83 bits per heavy atom. The van der Waals surface area contributed by atoms with E-state index in [0.29, 0.717) is 18.1 Å². The van der Waals surface area contributed by atoms with Crippen molar-refractivity contribution in [2.45, 2.75) is 34.2 Å². The predicted octanol–water partition coefficient (Wildman–Crippen LogP) is 4.14. The Morgan fingerprint density at radius 2 is 2.17 bits per heavy atom. The Kier molecular flexibility index (Phi) is 5.74. The van der Waals surface area contributed by atoms with Gasteiger partial charge in [-0.25, -0.2) is 0 Å². The maximum Gasteiger partial charge on any atom is 0.189 e. The molecule has 0 saturated heterocycles. The van der Waals surface area contributed by atoms with Gasteiger partial charge < -0.3 is 4.74 Å². The summed E-state index contributed by atoms with van der Waals surface area (Å²) in [5, 5.41) is 4.30. The molecule has 2 rings (SSSR count). The Bertz CT molecular complexity index is 699. The molecule has 0 unspecified atom stereocenters. The molecule has 0 N–H and O–H groups in total. The quantitative estimate of drug-likeness (QED) is 0.570. The maximum atomic E-state index is 12.3. The van der Waals surface area contributed by atoms with Crippen LogP contribution in [0.4, 0.5) is 0 Å². The van der Waals surface area contributed by atoms with Crippen LogP contribution in [0.3, 0.4) is 0 Å². The molecule has 0 amide bonds. The summed E-state index contributed by atoms with van der Waals surface area (Å²) in [6, 6.07) is 7.75. The standard InChI is InChI=1S/C19H24N2O2/c1-5-21-12-18(15(4)20-21)19(22)10-9-16-7-6-8-17(11-16)23-13-14(2)3/h6-12,14H,5,13H2,1-4H3/b10-9+. The highest BCUT2D eigenvalue weighted by Gasteiger charge is 2.10. The van der Waals surface area contributed by atoms with E-state index in [1.165, 1.54) is 0 Å². The topological polar surface area (TPSA) is 44.1 Å². The lowest BCUT2D eigenvalue weighted by Crippen LogP contribution is -2.04. The predicted molar refractivity (Wildman–Crippen MR) is 92.8 cm³/mol. The summed E-state index contributed by atoms with van der Waals surface area (Å²) in [6.07, 6.45) is 5.20. The van der Waals surface area contributed by atoms with Crippen molar-refractivity contribution in [3.05, 3.63) is 53.4 Å². The minimum Gasteiger partial charge on any atom is -0.493 e. The molecule has 0 spiro atoms. The number of nitrogens with zero attached hydrogens (tertiary/aromatic N) is 2. The number of aryl methyl sites for hydroxylation is 2. The Balaban J connectivity index is 2.08. The fourth-order valence-electron chi connectivity index (χ4n) is 2.15. The molecular formula is C19H24N2O2. The second-order valence-corrected chi connectivity index (χ2v) is 5.96. The molecule has 0 fully saturated rings. The molecule has 2 aromatic rings. The fourth-order valence-corrected chi connectivity index (χ4v) is 2.15. The first-order valence-electron chi connectivity index (χ1n) is 7.99. The van der Waals surface area contributed by atoms with Crippen LogP contribution in [-0.2, 0) is 6.54 Å². The first kappa shape index (κ1) is 17.0. The molecule has 0 bridgehead atoms. The average Bonchev–Trinajstić information content (AvgIpc) is 2.92. The molecule has 0 aliphatic rings. The van der Waals surface area contributed by atoms with Crippen LogP contribution in [0.25, 0.3) is 6.08 Å². The molecule has 4 nitrogen and oxygen atoms in total. The van der Waals surface area contributed by atoms with Gasteiger partial charge in [0.2, 0.25) is 0 Å². The molecule has 0 saturated carbocycles. The number of hydrogen-bond donors (Lipinski definition) is 0. The van der Waals surface area contributed by atoms with Crippen molar-refractivity contribution >= 4 is 11.9 Å². The van der Waals surface area contributed by atoms with Crippen molar-refractivity contribution in [3.63, 3.8) is 0 Å². The number of rotatable bonds is 7. The number of hydrogen-bond acceptors (Lipinski definition) is 3. The van der Waals surface area contributed by atoms with Gasteiger partial charge in [0.1, 0.15) is 5.75 Å². The molecule has 23 heavy (non-hydrogen) atoms. The molecular weight excluding hydrogens is 288 g/mol. The number of carbonyl (C=O) groups excluding carboxylic acids is 1. The molecule has 0 aliphatic heterocycles. The van der Waals surface area contributed by atoms with Gasteiger partial charge >= 0.3 is 0 Å². The summed E-state index contributed by atoms with van der Waals surface area (Å²) in [6.45, 7) is 9.52. The van der Waals surface area contributed by atoms with Crippen LogP contribution < -0.4 is 4.74 Å². The van der Waals surface area contributed by atoms with Gasteiger partial charge in [-0.2, -0.15) is 5.10 Å². The van der Waals surface area contributed by atoms with E-state index in [1.807, 2.05) is 44.2 Å². The van der Waals surface area contributed by atoms with Crippen LogP contribution >= 0.6 is 0 Å². The van der Waals surface area contributed by atoms with E-state index < -0.39 is 0 Å². The Morgan fingerprint density at radius 1 is 1.39 bits per heavy atom. The van der Waals surface area contributed by atoms with Crippen LogP contribution in [-0.4, -0.2) is 22.2 Å². The first-order chi connectivity index (χ1) is 11.0. The van der Waals surface area contributed by atoms with Crippen LogP contribution in [0.15, 0.2) is 36.5 Å². The summed E-state index contributed by atoms with van der Waals surface area (Å²) >= 11 is 0. The van der Waals surface area contributed by atoms with Gasteiger partial charge in [0, 0.05) is 12.7 Å². The normalized spacial score (nSPS) is 11.3.